The molecule has 1 rings (SSSR count). The van der Waals surface area contributed by atoms with Crippen LogP contribution in [-0.4, -0.2) is 52.1 Å². The molecule has 1 heterocycles. The molecule has 1 atom stereocenters. The Morgan fingerprint density at radius 3 is 2.17 bits per heavy atom. The summed E-state index contributed by atoms with van der Waals surface area (Å²) in [5.74, 6) is -2.22. The first kappa shape index (κ1) is 14.4. The Morgan fingerprint density at radius 2 is 1.72 bits per heavy atom. The van der Waals surface area contributed by atoms with Crippen LogP contribution in [0.1, 0.15) is 25.7 Å². The Bertz CT molecular complexity index is 336. The number of nitrogens with zero attached hydrogens (tertiary/aromatic N) is 1. The number of nitrogens with two attached hydrogens (primary N) is 1. The molecular formula is C11H18N2O5. The van der Waals surface area contributed by atoms with Gasteiger partial charge in [-0.15, -0.1) is 0 Å². The molecule has 0 aromatic rings. The normalized spacial score (nSPS) is 18.4. The number of carbonyl (C=O) groups excluding carboxylic acids is 1. The van der Waals surface area contributed by atoms with Crippen LogP contribution in [0.5, 0.6) is 0 Å². The molecule has 1 aliphatic rings. The van der Waals surface area contributed by atoms with Crippen molar-refractivity contribution < 1.29 is 24.6 Å². The molecule has 1 saturated heterocycles. The van der Waals surface area contributed by atoms with Crippen molar-refractivity contribution in [1.29, 1.82) is 0 Å². The number of carboxylic acid groups (broad SMARTS) is 2. The largest absolute Gasteiger partial charge is 0.481 e. The van der Waals surface area contributed by atoms with Crippen LogP contribution in [0.2, 0.25) is 0 Å². The molecule has 1 amide bonds. The molecule has 1 aliphatic heterocycles. The molecule has 0 radical (unpaired) electrons. The average molecular weight is 258 g/mol. The Hall–Kier alpha value is -1.63. The van der Waals surface area contributed by atoms with Crippen molar-refractivity contribution in [3.8, 4) is 0 Å². The van der Waals surface area contributed by atoms with E-state index in [1.54, 1.807) is 0 Å². The Morgan fingerprint density at radius 1 is 1.17 bits per heavy atom. The van der Waals surface area contributed by atoms with Gasteiger partial charge in [0.05, 0.1) is 12.5 Å². The summed E-state index contributed by atoms with van der Waals surface area (Å²) in [5.41, 5.74) is 5.50. The number of carbonyl (C=O) groups is 3. The summed E-state index contributed by atoms with van der Waals surface area (Å²) in [6.07, 6.45) is 0.979. The molecule has 0 saturated carbocycles. The molecule has 0 bridgehead atoms. The summed E-state index contributed by atoms with van der Waals surface area (Å²) in [4.78, 5) is 34.3. The van der Waals surface area contributed by atoms with Gasteiger partial charge in [0.1, 0.15) is 0 Å². The molecule has 0 aromatic heterocycles. The molecule has 102 valence electrons. The number of amides is 1. The van der Waals surface area contributed by atoms with E-state index in [9.17, 15) is 14.4 Å². The van der Waals surface area contributed by atoms with Crippen LogP contribution in [0.25, 0.3) is 0 Å². The maximum Gasteiger partial charge on any atom is 0.305 e. The summed E-state index contributed by atoms with van der Waals surface area (Å²) in [6, 6.07) is -1.02. The van der Waals surface area contributed by atoms with Gasteiger partial charge in [-0.2, -0.15) is 0 Å². The average Bonchev–Trinajstić information content (AvgIpc) is 2.27. The molecule has 18 heavy (non-hydrogen) atoms. The summed E-state index contributed by atoms with van der Waals surface area (Å²) < 4.78 is 0. The second kappa shape index (κ2) is 6.34. The zero-order valence-corrected chi connectivity index (χ0v) is 10.0. The molecule has 0 spiro atoms. The van der Waals surface area contributed by atoms with Crippen LogP contribution in [-0.2, 0) is 14.4 Å². The van der Waals surface area contributed by atoms with Crippen molar-refractivity contribution in [2.24, 2.45) is 11.7 Å². The maximum absolute atomic E-state index is 11.8. The first-order valence-electron chi connectivity index (χ1n) is 5.88. The van der Waals surface area contributed by atoms with Crippen LogP contribution >= 0.6 is 0 Å². The lowest BCUT2D eigenvalue weighted by Crippen LogP contribution is -2.48. The van der Waals surface area contributed by atoms with Gasteiger partial charge in [-0.05, 0) is 18.8 Å². The lowest BCUT2D eigenvalue weighted by molar-refractivity contribution is -0.143. The summed E-state index contributed by atoms with van der Waals surface area (Å²) in [7, 11) is 0. The minimum atomic E-state index is -1.10. The fourth-order valence-electron chi connectivity index (χ4n) is 2.11. The predicted molar refractivity (Wildman–Crippen MR) is 61.8 cm³/mol. The molecule has 7 heteroatoms. The summed E-state index contributed by atoms with van der Waals surface area (Å²) in [6.45, 7) is 0.897. The van der Waals surface area contributed by atoms with Crippen molar-refractivity contribution in [2.75, 3.05) is 13.1 Å². The Balaban J connectivity index is 2.40. The van der Waals surface area contributed by atoms with Crippen molar-refractivity contribution in [3.63, 3.8) is 0 Å². The number of carboxylic acids is 2. The molecule has 0 aromatic carbocycles. The van der Waals surface area contributed by atoms with E-state index in [2.05, 4.69) is 0 Å². The van der Waals surface area contributed by atoms with E-state index < -0.39 is 18.0 Å². The lowest BCUT2D eigenvalue weighted by atomic mass is 9.93. The fraction of sp³-hybridized carbons (Fsp3) is 0.727. The van der Waals surface area contributed by atoms with E-state index in [4.69, 9.17) is 15.9 Å². The number of likely N-dealkylation sites (tertiary alicyclic amines) is 1. The fourth-order valence-corrected chi connectivity index (χ4v) is 2.11. The molecule has 4 N–H and O–H groups in total. The molecule has 0 aliphatic carbocycles. The first-order chi connectivity index (χ1) is 8.40. The van der Waals surface area contributed by atoms with Gasteiger partial charge in [-0.25, -0.2) is 0 Å². The van der Waals surface area contributed by atoms with Gasteiger partial charge in [0.25, 0.3) is 0 Å². The minimum Gasteiger partial charge on any atom is -0.481 e. The molecular weight excluding hydrogens is 240 g/mol. The molecule has 7 nitrogen and oxygen atoms in total. The highest BCUT2D eigenvalue weighted by Crippen LogP contribution is 2.20. The van der Waals surface area contributed by atoms with Crippen LogP contribution in [0.4, 0.5) is 0 Å². The van der Waals surface area contributed by atoms with Crippen molar-refractivity contribution in [2.45, 2.75) is 31.7 Å². The second-order valence-corrected chi connectivity index (χ2v) is 4.57. The highest BCUT2D eigenvalue weighted by Gasteiger charge is 2.28. The zero-order chi connectivity index (χ0) is 13.7. The lowest BCUT2D eigenvalue weighted by Gasteiger charge is -2.32. The van der Waals surface area contributed by atoms with Gasteiger partial charge in [-0.1, -0.05) is 0 Å². The van der Waals surface area contributed by atoms with Gasteiger partial charge in [-0.3, -0.25) is 14.4 Å². The number of hydrogen-bond donors (Lipinski definition) is 3. The monoisotopic (exact) mass is 258 g/mol. The van der Waals surface area contributed by atoms with Gasteiger partial charge in [0, 0.05) is 19.5 Å². The third kappa shape index (κ3) is 4.33. The quantitative estimate of drug-likeness (QED) is 0.611. The Labute approximate surface area is 105 Å². The van der Waals surface area contributed by atoms with E-state index in [1.165, 1.54) is 4.90 Å². The predicted octanol–water partition coefficient (Wildman–Crippen LogP) is -0.498. The van der Waals surface area contributed by atoms with Crippen LogP contribution in [0.3, 0.4) is 0 Å². The van der Waals surface area contributed by atoms with Crippen molar-refractivity contribution >= 4 is 17.8 Å². The van der Waals surface area contributed by atoms with E-state index >= 15 is 0 Å². The Kier molecular flexibility index (Phi) is 5.08. The van der Waals surface area contributed by atoms with E-state index in [1.807, 2.05) is 0 Å². The van der Waals surface area contributed by atoms with Gasteiger partial charge in [0.2, 0.25) is 5.91 Å². The third-order valence-electron chi connectivity index (χ3n) is 3.10. The first-order valence-corrected chi connectivity index (χ1v) is 5.88. The molecule has 1 unspecified atom stereocenters. The van der Waals surface area contributed by atoms with Crippen LogP contribution in [0, 0.1) is 5.92 Å². The number of hydrogen-bond acceptors (Lipinski definition) is 4. The van der Waals surface area contributed by atoms with Gasteiger partial charge < -0.3 is 20.8 Å². The minimum absolute atomic E-state index is 0.0854. The summed E-state index contributed by atoms with van der Waals surface area (Å²) >= 11 is 0. The van der Waals surface area contributed by atoms with Gasteiger partial charge in [0.15, 0.2) is 0 Å². The van der Waals surface area contributed by atoms with E-state index in [0.717, 1.165) is 0 Å². The zero-order valence-electron chi connectivity index (χ0n) is 10.0. The topological polar surface area (TPSA) is 121 Å². The number of piperidine rings is 1. The SMILES string of the molecule is NC(CC(=O)O)C(=O)N1CCC(CC(=O)O)CC1. The van der Waals surface area contributed by atoms with Crippen molar-refractivity contribution in [3.05, 3.63) is 0 Å². The smallest absolute Gasteiger partial charge is 0.305 e. The summed E-state index contributed by atoms with van der Waals surface area (Å²) in [5, 5.41) is 17.2. The number of rotatable bonds is 5. The molecule has 1 fully saturated rings. The standard InChI is InChI=1S/C11H18N2O5/c12-8(6-10(16)17)11(18)13-3-1-7(2-4-13)5-9(14)15/h7-8H,1-6,12H2,(H,14,15)(H,16,17). The highest BCUT2D eigenvalue weighted by atomic mass is 16.4. The second-order valence-electron chi connectivity index (χ2n) is 4.57. The highest BCUT2D eigenvalue weighted by molar-refractivity contribution is 5.86. The van der Waals surface area contributed by atoms with Crippen LogP contribution in [0.15, 0.2) is 0 Å². The van der Waals surface area contributed by atoms with Crippen molar-refractivity contribution in [1.82, 2.24) is 4.90 Å². The number of aliphatic carboxylic acids is 2. The maximum atomic E-state index is 11.8. The van der Waals surface area contributed by atoms with E-state index in [-0.39, 0.29) is 24.7 Å². The van der Waals surface area contributed by atoms with Crippen LogP contribution < -0.4 is 5.73 Å². The third-order valence-corrected chi connectivity index (χ3v) is 3.10. The van der Waals surface area contributed by atoms with Gasteiger partial charge >= 0.3 is 11.9 Å². The van der Waals surface area contributed by atoms with E-state index in [0.29, 0.717) is 25.9 Å².